The van der Waals surface area contributed by atoms with Crippen molar-refractivity contribution in [3.8, 4) is 0 Å². The molecule has 3 rings (SSSR count). The Bertz CT molecular complexity index is 1010. The van der Waals surface area contributed by atoms with Gasteiger partial charge in [-0.05, 0) is 36.3 Å². The second-order valence-corrected chi connectivity index (χ2v) is 7.25. The predicted molar refractivity (Wildman–Crippen MR) is 106 cm³/mol. The van der Waals surface area contributed by atoms with Crippen molar-refractivity contribution in [2.24, 2.45) is 0 Å². The minimum Gasteiger partial charge on any atom is -0.393 e. The van der Waals surface area contributed by atoms with Crippen LogP contribution in [-0.2, 0) is 6.18 Å². The third-order valence-corrected chi connectivity index (χ3v) is 5.06. The molecule has 0 saturated heterocycles. The number of anilines is 1. The molecule has 0 fully saturated rings. The topological polar surface area (TPSA) is 85.7 Å². The largest absolute Gasteiger partial charge is 0.417 e. The van der Waals surface area contributed by atoms with Crippen LogP contribution < -0.4 is 5.32 Å². The Morgan fingerprint density at radius 2 is 2.06 bits per heavy atom. The maximum atomic E-state index is 14.3. The summed E-state index contributed by atoms with van der Waals surface area (Å²) in [6.07, 6.45) is -2.63. The average Bonchev–Trinajstić information content (AvgIpc) is 2.72. The summed E-state index contributed by atoms with van der Waals surface area (Å²) in [5.41, 5.74) is -0.0720. The van der Waals surface area contributed by atoms with Gasteiger partial charge in [0.15, 0.2) is 0 Å². The lowest BCUT2D eigenvalue weighted by atomic mass is 10.0. The van der Waals surface area contributed by atoms with Crippen molar-refractivity contribution in [3.63, 3.8) is 0 Å². The number of nitrogens with zero attached hydrogens (tertiary/aromatic N) is 2. The summed E-state index contributed by atoms with van der Waals surface area (Å²) in [4.78, 5) is 17.8. The third-order valence-electron chi connectivity index (χ3n) is 4.75. The van der Waals surface area contributed by atoms with E-state index in [-0.39, 0.29) is 30.0 Å². The molecule has 0 unspecified atom stereocenters. The van der Waals surface area contributed by atoms with E-state index in [1.54, 1.807) is 6.08 Å². The highest BCUT2D eigenvalue weighted by molar-refractivity contribution is 6.31. The SMILES string of the molecule is O=C(Nc1ccc(C(F)(F)F)c(Cl)c1)N1CC=C(c2ncc([C@H](O)CO)cc2F)CC1. The van der Waals surface area contributed by atoms with Crippen molar-refractivity contribution < 1.29 is 32.6 Å². The monoisotopic (exact) mass is 459 g/mol. The molecular formula is C20H18ClF4N3O3. The van der Waals surface area contributed by atoms with Crippen molar-refractivity contribution in [1.82, 2.24) is 9.88 Å². The summed E-state index contributed by atoms with van der Waals surface area (Å²) in [7, 11) is 0. The smallest absolute Gasteiger partial charge is 0.393 e. The summed E-state index contributed by atoms with van der Waals surface area (Å²) in [5.74, 6) is -0.659. The number of amides is 2. The number of alkyl halides is 3. The van der Waals surface area contributed by atoms with E-state index < -0.39 is 41.3 Å². The first-order valence-corrected chi connectivity index (χ1v) is 9.54. The van der Waals surface area contributed by atoms with E-state index in [0.717, 1.165) is 24.3 Å². The number of aliphatic hydroxyl groups excluding tert-OH is 2. The van der Waals surface area contributed by atoms with Gasteiger partial charge in [-0.1, -0.05) is 17.7 Å². The Balaban J connectivity index is 1.66. The number of urea groups is 1. The number of hydrogen-bond donors (Lipinski definition) is 3. The highest BCUT2D eigenvalue weighted by atomic mass is 35.5. The van der Waals surface area contributed by atoms with E-state index in [1.807, 2.05) is 0 Å². The number of rotatable bonds is 4. The normalized spacial score (nSPS) is 15.5. The van der Waals surface area contributed by atoms with Crippen molar-refractivity contribution in [3.05, 3.63) is 64.2 Å². The first kappa shape index (κ1) is 23.0. The van der Waals surface area contributed by atoms with Crippen LogP contribution >= 0.6 is 11.6 Å². The molecule has 2 aromatic rings. The Hall–Kier alpha value is -2.69. The van der Waals surface area contributed by atoms with Crippen LogP contribution in [-0.4, -0.2) is 45.8 Å². The van der Waals surface area contributed by atoms with E-state index in [9.17, 15) is 27.5 Å². The fourth-order valence-electron chi connectivity index (χ4n) is 3.07. The fraction of sp³-hybridized carbons (Fsp3) is 0.300. The Kier molecular flexibility index (Phi) is 6.83. The molecule has 0 aliphatic carbocycles. The number of hydrogen-bond acceptors (Lipinski definition) is 4. The second-order valence-electron chi connectivity index (χ2n) is 6.85. The van der Waals surface area contributed by atoms with Crippen LogP contribution in [0.3, 0.4) is 0 Å². The highest BCUT2D eigenvalue weighted by Gasteiger charge is 2.33. The van der Waals surface area contributed by atoms with Crippen molar-refractivity contribution in [1.29, 1.82) is 0 Å². The lowest BCUT2D eigenvalue weighted by molar-refractivity contribution is -0.137. The molecule has 1 aliphatic heterocycles. The fourth-order valence-corrected chi connectivity index (χ4v) is 3.36. The number of pyridine rings is 1. The molecule has 1 aromatic carbocycles. The zero-order chi connectivity index (χ0) is 22.8. The van der Waals surface area contributed by atoms with Gasteiger partial charge in [0, 0.05) is 30.5 Å². The van der Waals surface area contributed by atoms with Crippen molar-refractivity contribution >= 4 is 28.9 Å². The van der Waals surface area contributed by atoms with Crippen LogP contribution in [0.2, 0.25) is 5.02 Å². The maximum absolute atomic E-state index is 14.3. The average molecular weight is 460 g/mol. The molecule has 11 heteroatoms. The molecule has 1 aliphatic rings. The first-order valence-electron chi connectivity index (χ1n) is 9.16. The first-order chi connectivity index (χ1) is 14.6. The van der Waals surface area contributed by atoms with E-state index in [1.165, 1.54) is 11.1 Å². The number of nitrogens with one attached hydrogen (secondary N) is 1. The van der Waals surface area contributed by atoms with E-state index in [0.29, 0.717) is 12.0 Å². The summed E-state index contributed by atoms with van der Waals surface area (Å²) >= 11 is 5.66. The van der Waals surface area contributed by atoms with Gasteiger partial charge in [0.1, 0.15) is 17.6 Å². The highest BCUT2D eigenvalue weighted by Crippen LogP contribution is 2.36. The molecule has 3 N–H and O–H groups in total. The van der Waals surface area contributed by atoms with Crippen molar-refractivity contribution in [2.45, 2.75) is 18.7 Å². The standard InChI is InChI=1S/C20H18ClF4N3O3/c21-15-8-13(1-2-14(15)20(23,24)25)27-19(31)28-5-3-11(4-6-28)18-16(22)7-12(9-26-18)17(30)10-29/h1-3,7-9,17,29-30H,4-6,10H2,(H,27,31)/t17-/m1/s1. The number of halogens is 5. The van der Waals surface area contributed by atoms with Crippen LogP contribution in [0.1, 0.15) is 29.3 Å². The van der Waals surface area contributed by atoms with Crippen LogP contribution in [0.5, 0.6) is 0 Å². The number of carbonyl (C=O) groups excluding carboxylic acids is 1. The van der Waals surface area contributed by atoms with Gasteiger partial charge in [0.05, 0.1) is 17.2 Å². The van der Waals surface area contributed by atoms with Gasteiger partial charge in [-0.2, -0.15) is 13.2 Å². The molecular weight excluding hydrogens is 442 g/mol. The Labute approximate surface area is 179 Å². The zero-order valence-corrected chi connectivity index (χ0v) is 16.7. The summed E-state index contributed by atoms with van der Waals surface area (Å²) < 4.78 is 52.7. The lowest BCUT2D eigenvalue weighted by Crippen LogP contribution is -2.38. The Morgan fingerprint density at radius 1 is 1.32 bits per heavy atom. The third kappa shape index (κ3) is 5.33. The molecule has 31 heavy (non-hydrogen) atoms. The molecule has 0 saturated carbocycles. The van der Waals surface area contributed by atoms with Gasteiger partial charge in [0.2, 0.25) is 0 Å². The molecule has 0 bridgehead atoms. The van der Waals surface area contributed by atoms with E-state index in [2.05, 4.69) is 10.3 Å². The van der Waals surface area contributed by atoms with E-state index >= 15 is 0 Å². The molecule has 2 amide bonds. The number of benzene rings is 1. The van der Waals surface area contributed by atoms with Crippen LogP contribution in [0.15, 0.2) is 36.5 Å². The molecule has 0 radical (unpaired) electrons. The van der Waals surface area contributed by atoms with Gasteiger partial charge < -0.3 is 20.4 Å². The predicted octanol–water partition coefficient (Wildman–Crippen LogP) is 4.24. The minimum absolute atomic E-state index is 0.0865. The summed E-state index contributed by atoms with van der Waals surface area (Å²) in [6, 6.07) is 3.48. The number of aliphatic hydroxyl groups is 2. The van der Waals surface area contributed by atoms with Crippen LogP contribution in [0.4, 0.5) is 28.0 Å². The number of aromatic nitrogens is 1. The summed E-state index contributed by atoms with van der Waals surface area (Å²) in [6.45, 7) is -0.191. The van der Waals surface area contributed by atoms with Crippen LogP contribution in [0, 0.1) is 5.82 Å². The van der Waals surface area contributed by atoms with Crippen molar-refractivity contribution in [2.75, 3.05) is 25.0 Å². The molecule has 6 nitrogen and oxygen atoms in total. The van der Waals surface area contributed by atoms with Gasteiger partial charge in [-0.3, -0.25) is 4.98 Å². The van der Waals surface area contributed by atoms with Gasteiger partial charge in [0.25, 0.3) is 0 Å². The molecule has 1 aromatic heterocycles. The molecule has 2 heterocycles. The van der Waals surface area contributed by atoms with Gasteiger partial charge in [-0.25, -0.2) is 9.18 Å². The van der Waals surface area contributed by atoms with Gasteiger partial charge in [-0.15, -0.1) is 0 Å². The number of carbonyl (C=O) groups is 1. The Morgan fingerprint density at radius 3 is 2.61 bits per heavy atom. The molecule has 1 atom stereocenters. The second kappa shape index (κ2) is 9.21. The molecule has 0 spiro atoms. The quantitative estimate of drug-likeness (QED) is 0.597. The van der Waals surface area contributed by atoms with Gasteiger partial charge >= 0.3 is 12.2 Å². The maximum Gasteiger partial charge on any atom is 0.417 e. The summed E-state index contributed by atoms with van der Waals surface area (Å²) in [5, 5.41) is 20.5. The lowest BCUT2D eigenvalue weighted by Gasteiger charge is -2.27. The van der Waals surface area contributed by atoms with E-state index in [4.69, 9.17) is 16.7 Å². The minimum atomic E-state index is -4.59. The zero-order valence-electron chi connectivity index (χ0n) is 16.0. The van der Waals surface area contributed by atoms with Crippen LogP contribution in [0.25, 0.3) is 5.57 Å². The molecule has 166 valence electrons.